The van der Waals surface area contributed by atoms with Gasteiger partial charge in [0.15, 0.2) is 5.78 Å². The molecule has 4 N–H and O–H groups in total. The van der Waals surface area contributed by atoms with Crippen LogP contribution in [-0.4, -0.2) is 46.5 Å². The number of ketones is 1. The number of hydrogen-bond acceptors (Lipinski definition) is 6. The van der Waals surface area contributed by atoms with Gasteiger partial charge in [-0.2, -0.15) is 0 Å². The maximum atomic E-state index is 12.3. The summed E-state index contributed by atoms with van der Waals surface area (Å²) in [7, 11) is 0. The van der Waals surface area contributed by atoms with Crippen LogP contribution in [0.2, 0.25) is 0 Å². The third kappa shape index (κ3) is 5.21. The molecule has 2 unspecified atom stereocenters. The number of carbonyl (C=O) groups excluding carboxylic acids is 2. The second kappa shape index (κ2) is 10.7. The molecular weight excluding hydrogens is 446 g/mol. The van der Waals surface area contributed by atoms with Gasteiger partial charge in [-0.15, -0.1) is 0 Å². The number of nitrogens with one attached hydrogen (secondary N) is 1. The smallest absolute Gasteiger partial charge is 0.407 e. The van der Waals surface area contributed by atoms with Crippen molar-refractivity contribution in [2.45, 2.75) is 37.9 Å². The number of aliphatic hydroxyl groups excluding tert-OH is 2. The van der Waals surface area contributed by atoms with Crippen molar-refractivity contribution >= 4 is 11.9 Å². The van der Waals surface area contributed by atoms with Gasteiger partial charge in [0.2, 0.25) is 0 Å². The Hall–Kier alpha value is -3.68. The van der Waals surface area contributed by atoms with Gasteiger partial charge in [-0.3, -0.25) is 4.79 Å². The number of amides is 1. The van der Waals surface area contributed by atoms with Gasteiger partial charge in [0.1, 0.15) is 18.5 Å². The van der Waals surface area contributed by atoms with Gasteiger partial charge < -0.3 is 25.4 Å². The minimum Gasteiger partial charge on any atom is -0.507 e. The molecule has 7 nitrogen and oxygen atoms in total. The Morgan fingerprint density at radius 3 is 2.23 bits per heavy atom. The zero-order valence-corrected chi connectivity index (χ0v) is 19.5. The number of alkyl carbamates (subject to hydrolysis) is 1. The maximum absolute atomic E-state index is 12.3. The third-order valence-corrected chi connectivity index (χ3v) is 6.40. The Kier molecular flexibility index (Phi) is 7.48. The molecule has 3 aromatic carbocycles. The molecule has 0 fully saturated rings. The summed E-state index contributed by atoms with van der Waals surface area (Å²) in [4.78, 5) is 24.2. The molecule has 0 saturated heterocycles. The summed E-state index contributed by atoms with van der Waals surface area (Å²) in [6.07, 6.45) is -2.78. The average molecular weight is 476 g/mol. The van der Waals surface area contributed by atoms with Crippen LogP contribution in [0.15, 0.2) is 66.7 Å². The number of carbonyl (C=O) groups is 2. The zero-order valence-electron chi connectivity index (χ0n) is 19.5. The van der Waals surface area contributed by atoms with Gasteiger partial charge in [-0.25, -0.2) is 4.79 Å². The molecule has 0 heterocycles. The summed E-state index contributed by atoms with van der Waals surface area (Å²) in [6.45, 7) is 1.95. The summed E-state index contributed by atoms with van der Waals surface area (Å²) in [5.41, 5.74) is 4.95. The number of ether oxygens (including phenoxy) is 1. The highest BCUT2D eigenvalue weighted by Crippen LogP contribution is 2.44. The zero-order chi connectivity index (χ0) is 24.9. The number of fused-ring (bicyclic) bond motifs is 3. The van der Waals surface area contributed by atoms with Gasteiger partial charge in [-0.1, -0.05) is 61.5 Å². The van der Waals surface area contributed by atoms with Gasteiger partial charge in [0.25, 0.3) is 0 Å². The van der Waals surface area contributed by atoms with E-state index in [1.807, 2.05) is 36.4 Å². The van der Waals surface area contributed by atoms with Gasteiger partial charge in [0, 0.05) is 18.9 Å². The highest BCUT2D eigenvalue weighted by molar-refractivity contribution is 5.98. The topological polar surface area (TPSA) is 116 Å². The Morgan fingerprint density at radius 2 is 1.60 bits per heavy atom. The molecule has 0 aromatic heterocycles. The number of Topliss-reactive ketones (excluding diaryl/α,β-unsaturated/α-hetero) is 1. The summed E-state index contributed by atoms with van der Waals surface area (Å²) in [6, 6.07) is 20.3. The minimum absolute atomic E-state index is 0.0462. The number of rotatable bonds is 9. The van der Waals surface area contributed by atoms with Crippen molar-refractivity contribution < 1.29 is 29.6 Å². The predicted molar refractivity (Wildman–Crippen MR) is 131 cm³/mol. The van der Waals surface area contributed by atoms with E-state index in [9.17, 15) is 24.9 Å². The van der Waals surface area contributed by atoms with Crippen LogP contribution >= 0.6 is 0 Å². The highest BCUT2D eigenvalue weighted by Gasteiger charge is 2.29. The predicted octanol–water partition coefficient (Wildman–Crippen LogP) is 4.31. The minimum atomic E-state index is -1.27. The van der Waals surface area contributed by atoms with E-state index in [1.54, 1.807) is 6.92 Å². The van der Waals surface area contributed by atoms with E-state index in [2.05, 4.69) is 17.4 Å². The first-order chi connectivity index (χ1) is 16.9. The van der Waals surface area contributed by atoms with E-state index in [1.165, 1.54) is 18.2 Å². The number of benzene rings is 3. The first-order valence-electron chi connectivity index (χ1n) is 11.7. The highest BCUT2D eigenvalue weighted by atomic mass is 16.5. The fraction of sp³-hybridized carbons (Fsp3) is 0.286. The van der Waals surface area contributed by atoms with Crippen LogP contribution in [0.5, 0.6) is 5.75 Å². The Labute approximate surface area is 204 Å². The summed E-state index contributed by atoms with van der Waals surface area (Å²) in [5, 5.41) is 33.3. The van der Waals surface area contributed by atoms with E-state index in [0.29, 0.717) is 5.56 Å². The molecule has 3 aromatic rings. The average Bonchev–Trinajstić information content (AvgIpc) is 3.20. The Bertz CT molecular complexity index is 1180. The monoisotopic (exact) mass is 475 g/mol. The van der Waals surface area contributed by atoms with Crippen molar-refractivity contribution in [3.8, 4) is 16.9 Å². The lowest BCUT2D eigenvalue weighted by Crippen LogP contribution is -2.30. The van der Waals surface area contributed by atoms with Crippen molar-refractivity contribution in [2.24, 2.45) is 0 Å². The van der Waals surface area contributed by atoms with Crippen LogP contribution in [0.3, 0.4) is 0 Å². The molecule has 1 aliphatic carbocycles. The first kappa shape index (κ1) is 24.4. The van der Waals surface area contributed by atoms with Gasteiger partial charge in [-0.05, 0) is 46.4 Å². The summed E-state index contributed by atoms with van der Waals surface area (Å²) < 4.78 is 5.47. The normalized spacial score (nSPS) is 14.0. The molecule has 0 bridgehead atoms. The van der Waals surface area contributed by atoms with Crippen LogP contribution < -0.4 is 5.32 Å². The van der Waals surface area contributed by atoms with Crippen molar-refractivity contribution in [2.75, 3.05) is 13.2 Å². The maximum Gasteiger partial charge on any atom is 0.407 e. The largest absolute Gasteiger partial charge is 0.507 e. The third-order valence-electron chi connectivity index (χ3n) is 6.40. The second-order valence-electron chi connectivity index (χ2n) is 8.61. The van der Waals surface area contributed by atoms with E-state index in [4.69, 9.17) is 4.74 Å². The molecule has 7 heteroatoms. The number of phenolic OH excluding ortho intramolecular Hbond substituents is 1. The van der Waals surface area contributed by atoms with Crippen molar-refractivity contribution in [3.63, 3.8) is 0 Å². The SMILES string of the molecule is CCC(=O)c1cc(C(O)C(O)CCNC(=O)OCC2c3ccccc3-c3ccccc32)ccc1O. The van der Waals surface area contributed by atoms with Crippen LogP contribution in [0, 0.1) is 0 Å². The molecule has 1 amide bonds. The van der Waals surface area contributed by atoms with Crippen LogP contribution in [0.4, 0.5) is 4.79 Å². The molecule has 0 aliphatic heterocycles. The molecule has 2 atom stereocenters. The van der Waals surface area contributed by atoms with Crippen LogP contribution in [0.1, 0.15) is 58.8 Å². The molecule has 0 saturated carbocycles. The Morgan fingerprint density at radius 1 is 0.971 bits per heavy atom. The van der Waals surface area contributed by atoms with E-state index < -0.39 is 18.3 Å². The van der Waals surface area contributed by atoms with Crippen molar-refractivity contribution in [1.29, 1.82) is 0 Å². The molecule has 182 valence electrons. The Balaban J connectivity index is 1.29. The van der Waals surface area contributed by atoms with Crippen molar-refractivity contribution in [3.05, 3.63) is 89.0 Å². The molecule has 4 rings (SSSR count). The molecule has 1 aliphatic rings. The first-order valence-corrected chi connectivity index (χ1v) is 11.7. The lowest BCUT2D eigenvalue weighted by atomic mass is 9.97. The lowest BCUT2D eigenvalue weighted by molar-refractivity contribution is 0.0136. The van der Waals surface area contributed by atoms with E-state index in [0.717, 1.165) is 22.3 Å². The fourth-order valence-electron chi connectivity index (χ4n) is 4.50. The van der Waals surface area contributed by atoms with E-state index >= 15 is 0 Å². The number of phenols is 1. The van der Waals surface area contributed by atoms with Gasteiger partial charge >= 0.3 is 6.09 Å². The van der Waals surface area contributed by atoms with Crippen molar-refractivity contribution in [1.82, 2.24) is 5.32 Å². The molecule has 0 radical (unpaired) electrons. The van der Waals surface area contributed by atoms with Crippen LogP contribution in [0.25, 0.3) is 11.1 Å². The number of aromatic hydroxyl groups is 1. The van der Waals surface area contributed by atoms with E-state index in [-0.39, 0.29) is 49.0 Å². The molecule has 0 spiro atoms. The number of hydrogen-bond donors (Lipinski definition) is 4. The van der Waals surface area contributed by atoms with Gasteiger partial charge in [0.05, 0.1) is 11.7 Å². The lowest BCUT2D eigenvalue weighted by Gasteiger charge is -2.19. The fourth-order valence-corrected chi connectivity index (χ4v) is 4.50. The second-order valence-corrected chi connectivity index (χ2v) is 8.61. The summed E-state index contributed by atoms with van der Waals surface area (Å²) >= 11 is 0. The summed E-state index contributed by atoms with van der Waals surface area (Å²) in [5.74, 6) is -0.475. The molecule has 35 heavy (non-hydrogen) atoms. The molecular formula is C28H29NO6. The quantitative estimate of drug-likeness (QED) is 0.343. The van der Waals surface area contributed by atoms with Crippen LogP contribution in [-0.2, 0) is 4.74 Å². The number of aliphatic hydroxyl groups is 2. The standard InChI is InChI=1S/C28H29NO6/c1-2-24(30)22-15-17(11-12-25(22)31)27(33)26(32)13-14-29-28(34)35-16-23-20-9-5-3-7-18(20)19-8-4-6-10-21(19)23/h3-12,15,23,26-27,31-33H,2,13-14,16H2,1H3,(H,29,34).